The van der Waals surface area contributed by atoms with Crippen molar-refractivity contribution in [3.05, 3.63) is 46.9 Å². The van der Waals surface area contributed by atoms with Crippen LogP contribution in [0.25, 0.3) is 11.1 Å². The molecule has 0 fully saturated rings. The van der Waals surface area contributed by atoms with Crippen molar-refractivity contribution in [3.8, 4) is 16.9 Å². The molecule has 0 N–H and O–H groups in total. The van der Waals surface area contributed by atoms with E-state index >= 15 is 0 Å². The number of aromatic nitrogens is 1. The fourth-order valence-corrected chi connectivity index (χ4v) is 2.01. The van der Waals surface area contributed by atoms with Crippen molar-refractivity contribution < 1.29 is 9.13 Å². The molecule has 4 heteroatoms. The summed E-state index contributed by atoms with van der Waals surface area (Å²) in [5, 5.41) is 0. The molecule has 0 saturated heterocycles. The molecule has 0 spiro atoms. The number of pyridine rings is 1. The Morgan fingerprint density at radius 3 is 2.81 bits per heavy atom. The van der Waals surface area contributed by atoms with Crippen LogP contribution in [0.3, 0.4) is 0 Å². The van der Waals surface area contributed by atoms with E-state index in [1.54, 1.807) is 37.7 Å². The van der Waals surface area contributed by atoms with Crippen LogP contribution >= 0.6 is 15.9 Å². The summed E-state index contributed by atoms with van der Waals surface area (Å²) in [5.74, 6) is 0.317. The summed E-state index contributed by atoms with van der Waals surface area (Å²) in [6.07, 6.45) is 3.18. The molecule has 1 aromatic carbocycles. The van der Waals surface area contributed by atoms with E-state index in [0.29, 0.717) is 21.3 Å². The van der Waals surface area contributed by atoms with Gasteiger partial charge in [0.05, 0.1) is 13.3 Å². The summed E-state index contributed by atoms with van der Waals surface area (Å²) < 4.78 is 19.4. The van der Waals surface area contributed by atoms with Crippen LogP contribution in [0.15, 0.2) is 41.1 Å². The molecular formula is C12H9BrFNO. The van der Waals surface area contributed by atoms with Gasteiger partial charge < -0.3 is 4.74 Å². The minimum absolute atomic E-state index is 0.288. The van der Waals surface area contributed by atoms with Gasteiger partial charge in [-0.3, -0.25) is 4.98 Å². The van der Waals surface area contributed by atoms with Gasteiger partial charge in [0.25, 0.3) is 0 Å². The molecule has 0 aliphatic carbocycles. The second-order valence-electron chi connectivity index (χ2n) is 3.21. The lowest BCUT2D eigenvalue weighted by molar-refractivity contribution is 0.413. The predicted molar refractivity (Wildman–Crippen MR) is 63.9 cm³/mol. The average Bonchev–Trinajstić information content (AvgIpc) is 2.29. The molecule has 0 aliphatic rings. The summed E-state index contributed by atoms with van der Waals surface area (Å²) in [6, 6.07) is 6.60. The molecule has 0 atom stereocenters. The van der Waals surface area contributed by atoms with Gasteiger partial charge in [-0.1, -0.05) is 22.0 Å². The Balaban J connectivity index is 2.58. The lowest BCUT2D eigenvalue weighted by Gasteiger charge is -2.07. The number of ether oxygens (including phenoxy) is 1. The summed E-state index contributed by atoms with van der Waals surface area (Å²) in [7, 11) is 1.55. The number of hydrogen-bond donors (Lipinski definition) is 0. The topological polar surface area (TPSA) is 22.1 Å². The average molecular weight is 282 g/mol. The maximum Gasteiger partial charge on any atom is 0.137 e. The van der Waals surface area contributed by atoms with Crippen LogP contribution in [0.1, 0.15) is 0 Å². The van der Waals surface area contributed by atoms with Crippen molar-refractivity contribution in [1.29, 1.82) is 0 Å². The zero-order valence-electron chi connectivity index (χ0n) is 8.58. The van der Waals surface area contributed by atoms with E-state index in [1.807, 2.05) is 0 Å². The molecule has 0 amide bonds. The minimum Gasteiger partial charge on any atom is -0.495 e. The van der Waals surface area contributed by atoms with E-state index in [2.05, 4.69) is 20.9 Å². The zero-order chi connectivity index (χ0) is 11.5. The zero-order valence-corrected chi connectivity index (χ0v) is 10.2. The lowest BCUT2D eigenvalue weighted by atomic mass is 10.1. The normalized spacial score (nSPS) is 10.2. The third-order valence-electron chi connectivity index (χ3n) is 2.20. The quantitative estimate of drug-likeness (QED) is 0.838. The number of nitrogens with zero attached hydrogens (tertiary/aromatic N) is 1. The molecule has 0 unspecified atom stereocenters. The minimum atomic E-state index is -0.288. The van der Waals surface area contributed by atoms with Crippen LogP contribution in [-0.4, -0.2) is 12.1 Å². The number of hydrogen-bond acceptors (Lipinski definition) is 2. The Morgan fingerprint density at radius 1 is 1.31 bits per heavy atom. The van der Waals surface area contributed by atoms with E-state index in [4.69, 9.17) is 4.74 Å². The van der Waals surface area contributed by atoms with Crippen molar-refractivity contribution in [2.24, 2.45) is 0 Å². The van der Waals surface area contributed by atoms with Crippen LogP contribution in [0.5, 0.6) is 5.75 Å². The molecule has 1 aromatic heterocycles. The molecule has 2 rings (SSSR count). The first-order valence-corrected chi connectivity index (χ1v) is 5.45. The first kappa shape index (κ1) is 11.1. The first-order chi connectivity index (χ1) is 7.72. The molecule has 0 bridgehead atoms. The molecule has 16 heavy (non-hydrogen) atoms. The lowest BCUT2D eigenvalue weighted by Crippen LogP contribution is -1.89. The van der Waals surface area contributed by atoms with Gasteiger partial charge in [-0.15, -0.1) is 0 Å². The van der Waals surface area contributed by atoms with Gasteiger partial charge in [0.2, 0.25) is 0 Å². The van der Waals surface area contributed by atoms with Gasteiger partial charge in [0, 0.05) is 21.8 Å². The summed E-state index contributed by atoms with van der Waals surface area (Å²) in [4.78, 5) is 4.00. The van der Waals surface area contributed by atoms with Gasteiger partial charge in [-0.2, -0.15) is 0 Å². The van der Waals surface area contributed by atoms with Crippen molar-refractivity contribution in [1.82, 2.24) is 4.98 Å². The third kappa shape index (κ3) is 2.07. The van der Waals surface area contributed by atoms with Crippen molar-refractivity contribution in [3.63, 3.8) is 0 Å². The summed E-state index contributed by atoms with van der Waals surface area (Å²) in [6.45, 7) is 0. The maximum atomic E-state index is 13.7. The second kappa shape index (κ2) is 4.61. The Kier molecular flexibility index (Phi) is 3.19. The van der Waals surface area contributed by atoms with Crippen LogP contribution in [-0.2, 0) is 0 Å². The van der Waals surface area contributed by atoms with E-state index < -0.39 is 0 Å². The van der Waals surface area contributed by atoms with Crippen LogP contribution < -0.4 is 4.74 Å². The molecule has 0 radical (unpaired) electrons. The Hall–Kier alpha value is -1.42. The Bertz CT molecular complexity index is 496. The fraction of sp³-hybridized carbons (Fsp3) is 0.0833. The molecular weight excluding hydrogens is 273 g/mol. The van der Waals surface area contributed by atoms with Crippen LogP contribution in [0, 0.1) is 5.82 Å². The van der Waals surface area contributed by atoms with E-state index in [1.165, 1.54) is 6.07 Å². The second-order valence-corrected chi connectivity index (χ2v) is 4.06. The predicted octanol–water partition coefficient (Wildman–Crippen LogP) is 3.66. The number of methoxy groups -OCH3 is 1. The molecule has 2 nitrogen and oxygen atoms in total. The third-order valence-corrected chi connectivity index (χ3v) is 2.86. The standard InChI is InChI=1S/C12H9BrFNO/c1-16-9-5-8(6-15-7-9)12-10(13)3-2-4-11(12)14/h2-7H,1H3. The Morgan fingerprint density at radius 2 is 2.12 bits per heavy atom. The van der Waals surface area contributed by atoms with Crippen molar-refractivity contribution in [2.45, 2.75) is 0 Å². The van der Waals surface area contributed by atoms with Gasteiger partial charge in [0.15, 0.2) is 0 Å². The van der Waals surface area contributed by atoms with Gasteiger partial charge in [-0.25, -0.2) is 4.39 Å². The largest absolute Gasteiger partial charge is 0.495 e. The van der Waals surface area contributed by atoms with E-state index in [9.17, 15) is 4.39 Å². The highest BCUT2D eigenvalue weighted by atomic mass is 79.9. The fourth-order valence-electron chi connectivity index (χ4n) is 1.44. The molecule has 0 saturated carbocycles. The van der Waals surface area contributed by atoms with Gasteiger partial charge in [0.1, 0.15) is 11.6 Å². The SMILES string of the molecule is COc1cncc(-c2c(F)cccc2Br)c1. The van der Waals surface area contributed by atoms with Crippen molar-refractivity contribution >= 4 is 15.9 Å². The number of halogens is 2. The molecule has 82 valence electrons. The van der Waals surface area contributed by atoms with Crippen LogP contribution in [0.4, 0.5) is 4.39 Å². The smallest absolute Gasteiger partial charge is 0.137 e. The van der Waals surface area contributed by atoms with E-state index in [-0.39, 0.29) is 5.82 Å². The van der Waals surface area contributed by atoms with Crippen molar-refractivity contribution in [2.75, 3.05) is 7.11 Å². The monoisotopic (exact) mass is 281 g/mol. The van der Waals surface area contributed by atoms with E-state index in [0.717, 1.165) is 0 Å². The number of rotatable bonds is 2. The molecule has 0 aliphatic heterocycles. The maximum absolute atomic E-state index is 13.7. The van der Waals surface area contributed by atoms with Gasteiger partial charge >= 0.3 is 0 Å². The summed E-state index contributed by atoms with van der Waals surface area (Å²) in [5.41, 5.74) is 1.18. The first-order valence-electron chi connectivity index (χ1n) is 4.66. The Labute approximate surface area is 101 Å². The molecule has 2 aromatic rings. The number of benzene rings is 1. The van der Waals surface area contributed by atoms with Gasteiger partial charge in [-0.05, 0) is 18.2 Å². The highest BCUT2D eigenvalue weighted by molar-refractivity contribution is 9.10. The summed E-state index contributed by atoms with van der Waals surface area (Å²) >= 11 is 3.32. The highest BCUT2D eigenvalue weighted by Gasteiger charge is 2.09. The molecule has 1 heterocycles. The van der Waals surface area contributed by atoms with Crippen LogP contribution in [0.2, 0.25) is 0 Å². The highest BCUT2D eigenvalue weighted by Crippen LogP contribution is 2.31.